The molecule has 1 atom stereocenters. The van der Waals surface area contributed by atoms with Crippen LogP contribution in [0.25, 0.3) is 0 Å². The number of likely N-dealkylation sites (tertiary alicyclic amines) is 2. The van der Waals surface area contributed by atoms with Gasteiger partial charge in [-0.3, -0.25) is 9.69 Å². The van der Waals surface area contributed by atoms with E-state index in [9.17, 15) is 4.79 Å². The molecular formula is C23H37N3O. The summed E-state index contributed by atoms with van der Waals surface area (Å²) < 4.78 is 0. The van der Waals surface area contributed by atoms with Gasteiger partial charge in [-0.25, -0.2) is 0 Å². The van der Waals surface area contributed by atoms with Crippen molar-refractivity contribution in [3.63, 3.8) is 0 Å². The molecular weight excluding hydrogens is 334 g/mol. The number of nitrogens with one attached hydrogen (secondary N) is 1. The summed E-state index contributed by atoms with van der Waals surface area (Å²) in [5.41, 5.74) is 2.38. The molecule has 2 fully saturated rings. The predicted molar refractivity (Wildman–Crippen MR) is 112 cm³/mol. The molecule has 1 amide bonds. The van der Waals surface area contributed by atoms with E-state index >= 15 is 0 Å². The summed E-state index contributed by atoms with van der Waals surface area (Å²) in [6.07, 6.45) is 4.54. The van der Waals surface area contributed by atoms with Crippen molar-refractivity contribution in [1.29, 1.82) is 0 Å². The molecule has 0 aliphatic carbocycles. The molecule has 1 aromatic rings. The Balaban J connectivity index is 1.72. The van der Waals surface area contributed by atoms with Crippen LogP contribution < -0.4 is 5.32 Å². The minimum absolute atomic E-state index is 0.0121. The maximum Gasteiger partial charge on any atom is 0.238 e. The van der Waals surface area contributed by atoms with Crippen LogP contribution in [0.4, 0.5) is 0 Å². The number of aryl methyl sites for hydroxylation is 1. The Bertz CT molecular complexity index is 644. The van der Waals surface area contributed by atoms with Crippen molar-refractivity contribution in [3.8, 4) is 0 Å². The highest BCUT2D eigenvalue weighted by Crippen LogP contribution is 2.43. The van der Waals surface area contributed by atoms with Gasteiger partial charge in [-0.1, -0.05) is 36.8 Å². The molecule has 3 rings (SSSR count). The average molecular weight is 372 g/mol. The van der Waals surface area contributed by atoms with Gasteiger partial charge in [-0.2, -0.15) is 0 Å². The van der Waals surface area contributed by atoms with E-state index in [-0.39, 0.29) is 17.5 Å². The van der Waals surface area contributed by atoms with Crippen molar-refractivity contribution in [3.05, 3.63) is 35.4 Å². The summed E-state index contributed by atoms with van der Waals surface area (Å²) >= 11 is 0. The van der Waals surface area contributed by atoms with Gasteiger partial charge in [0.1, 0.15) is 0 Å². The van der Waals surface area contributed by atoms with E-state index in [0.29, 0.717) is 5.41 Å². The fraction of sp³-hybridized carbons (Fsp3) is 0.696. The number of carbonyl (C=O) groups is 1. The predicted octanol–water partition coefficient (Wildman–Crippen LogP) is 3.54. The van der Waals surface area contributed by atoms with Crippen LogP contribution in [-0.4, -0.2) is 55.0 Å². The summed E-state index contributed by atoms with van der Waals surface area (Å²) in [5, 5.41) is 3.36. The molecule has 1 aromatic carbocycles. The molecule has 0 unspecified atom stereocenters. The lowest BCUT2D eigenvalue weighted by molar-refractivity contribution is -0.127. The third-order valence-corrected chi connectivity index (χ3v) is 6.68. The van der Waals surface area contributed by atoms with E-state index in [0.717, 1.165) is 44.6 Å². The topological polar surface area (TPSA) is 35.6 Å². The summed E-state index contributed by atoms with van der Waals surface area (Å²) in [5.74, 6) is 0.199. The average Bonchev–Trinajstić information content (AvgIpc) is 2.97. The summed E-state index contributed by atoms with van der Waals surface area (Å²) in [6.45, 7) is 12.9. The fourth-order valence-corrected chi connectivity index (χ4v) is 4.81. The lowest BCUT2D eigenvalue weighted by Gasteiger charge is -2.37. The smallest absolute Gasteiger partial charge is 0.238 e. The second-order valence-corrected chi connectivity index (χ2v) is 9.47. The molecule has 1 N–H and O–H groups in total. The van der Waals surface area contributed by atoms with Gasteiger partial charge in [0.25, 0.3) is 0 Å². The molecule has 0 bridgehead atoms. The van der Waals surface area contributed by atoms with E-state index in [1.807, 2.05) is 0 Å². The highest BCUT2D eigenvalue weighted by Gasteiger charge is 2.47. The molecule has 1 spiro atoms. The summed E-state index contributed by atoms with van der Waals surface area (Å²) in [7, 11) is 2.21. The third-order valence-electron chi connectivity index (χ3n) is 6.68. The van der Waals surface area contributed by atoms with Crippen LogP contribution in [0.2, 0.25) is 0 Å². The molecule has 0 radical (unpaired) electrons. The van der Waals surface area contributed by atoms with Gasteiger partial charge in [0.2, 0.25) is 5.91 Å². The maximum absolute atomic E-state index is 13.3. The molecule has 4 nitrogen and oxygen atoms in total. The minimum atomic E-state index is -0.356. The monoisotopic (exact) mass is 371 g/mol. The van der Waals surface area contributed by atoms with Crippen molar-refractivity contribution in [2.45, 2.75) is 65.0 Å². The molecule has 150 valence electrons. The van der Waals surface area contributed by atoms with Crippen LogP contribution in [0, 0.1) is 12.3 Å². The molecule has 2 heterocycles. The first-order valence-electron chi connectivity index (χ1n) is 10.6. The van der Waals surface area contributed by atoms with Gasteiger partial charge in [0, 0.05) is 6.54 Å². The van der Waals surface area contributed by atoms with Crippen molar-refractivity contribution in [1.82, 2.24) is 15.1 Å². The Kier molecular flexibility index (Phi) is 5.97. The van der Waals surface area contributed by atoms with Crippen molar-refractivity contribution in [2.75, 3.05) is 33.2 Å². The van der Waals surface area contributed by atoms with Crippen LogP contribution in [0.3, 0.4) is 0 Å². The number of hydrogen-bond acceptors (Lipinski definition) is 3. The third kappa shape index (κ3) is 4.55. The first-order valence-corrected chi connectivity index (χ1v) is 10.6. The molecule has 0 aromatic heterocycles. The number of benzene rings is 1. The summed E-state index contributed by atoms with van der Waals surface area (Å²) in [4.78, 5) is 18.2. The van der Waals surface area contributed by atoms with E-state index in [2.05, 4.69) is 74.1 Å². The number of nitrogens with zero attached hydrogens (tertiary/aromatic N) is 2. The van der Waals surface area contributed by atoms with Gasteiger partial charge in [0.05, 0.1) is 11.6 Å². The van der Waals surface area contributed by atoms with Gasteiger partial charge in [0.15, 0.2) is 0 Å². The van der Waals surface area contributed by atoms with Crippen LogP contribution in [0.15, 0.2) is 24.3 Å². The molecule has 27 heavy (non-hydrogen) atoms. The van der Waals surface area contributed by atoms with E-state index in [1.165, 1.54) is 18.4 Å². The number of piperidine rings is 1. The van der Waals surface area contributed by atoms with Crippen LogP contribution in [-0.2, 0) is 10.3 Å². The first kappa shape index (κ1) is 20.3. The second kappa shape index (κ2) is 7.92. The Labute approximate surface area is 165 Å². The van der Waals surface area contributed by atoms with Gasteiger partial charge in [-0.15, -0.1) is 0 Å². The van der Waals surface area contributed by atoms with E-state index in [4.69, 9.17) is 0 Å². The highest BCUT2D eigenvalue weighted by molar-refractivity contribution is 5.83. The highest BCUT2D eigenvalue weighted by atomic mass is 16.2. The molecule has 2 aliphatic heterocycles. The van der Waals surface area contributed by atoms with Gasteiger partial charge < -0.3 is 10.2 Å². The normalized spacial score (nSPS) is 23.7. The Morgan fingerprint density at radius 2 is 1.85 bits per heavy atom. The number of rotatable bonds is 5. The number of carbonyl (C=O) groups excluding carboxylic acids is 1. The lowest BCUT2D eigenvalue weighted by atomic mass is 9.76. The van der Waals surface area contributed by atoms with Crippen LogP contribution >= 0.6 is 0 Å². The Hall–Kier alpha value is -1.39. The molecule has 2 saturated heterocycles. The Morgan fingerprint density at radius 3 is 2.44 bits per heavy atom. The van der Waals surface area contributed by atoms with Crippen LogP contribution in [0.5, 0.6) is 0 Å². The largest absolute Gasteiger partial charge is 0.346 e. The van der Waals surface area contributed by atoms with E-state index in [1.54, 1.807) is 0 Å². The van der Waals surface area contributed by atoms with Crippen LogP contribution in [0.1, 0.15) is 57.6 Å². The van der Waals surface area contributed by atoms with Gasteiger partial charge in [-0.05, 0) is 84.1 Å². The number of amides is 1. The summed E-state index contributed by atoms with van der Waals surface area (Å²) in [6, 6.07) is 8.52. The fourth-order valence-electron chi connectivity index (χ4n) is 4.81. The zero-order valence-corrected chi connectivity index (χ0v) is 17.8. The number of hydrogen-bond donors (Lipinski definition) is 1. The Morgan fingerprint density at radius 1 is 1.22 bits per heavy atom. The maximum atomic E-state index is 13.3. The van der Waals surface area contributed by atoms with E-state index < -0.39 is 0 Å². The lowest BCUT2D eigenvalue weighted by Crippen LogP contribution is -2.50. The standard InChI is InChI=1S/C23H37N3O/c1-6-13-26-17-23(11-14-25(5)15-12-23)16-20(26)21(27)24-22(3,4)19-9-7-18(2)8-10-19/h7-10,20H,6,11-17H2,1-5H3,(H,24,27)/t20-/m1/s1. The zero-order valence-electron chi connectivity index (χ0n) is 17.8. The minimum Gasteiger partial charge on any atom is -0.346 e. The molecule has 0 saturated carbocycles. The zero-order chi connectivity index (χ0) is 19.7. The quantitative estimate of drug-likeness (QED) is 0.860. The molecule has 2 aliphatic rings. The van der Waals surface area contributed by atoms with Crippen molar-refractivity contribution < 1.29 is 4.79 Å². The van der Waals surface area contributed by atoms with Crippen molar-refractivity contribution in [2.24, 2.45) is 5.41 Å². The van der Waals surface area contributed by atoms with Crippen molar-refractivity contribution >= 4 is 5.91 Å². The molecule has 4 heteroatoms. The first-order chi connectivity index (χ1) is 12.7. The SMILES string of the molecule is CCCN1CC2(CCN(C)CC2)C[C@@H]1C(=O)NC(C)(C)c1ccc(C)cc1. The second-order valence-electron chi connectivity index (χ2n) is 9.47. The van der Waals surface area contributed by atoms with Gasteiger partial charge >= 0.3 is 0 Å².